The zero-order valence-corrected chi connectivity index (χ0v) is 9.37. The number of anilines is 1. The molecule has 0 aliphatic carbocycles. The number of aromatic carboxylic acids is 1. The number of carbonyl (C=O) groups is 1. The summed E-state index contributed by atoms with van der Waals surface area (Å²) >= 11 is 0. The van der Waals surface area contributed by atoms with Crippen molar-refractivity contribution in [3.05, 3.63) is 47.2 Å². The fourth-order valence-electron chi connectivity index (χ4n) is 1.57. The summed E-state index contributed by atoms with van der Waals surface area (Å²) in [4.78, 5) is 10.7. The van der Waals surface area contributed by atoms with E-state index in [1.807, 2.05) is 12.1 Å². The van der Waals surface area contributed by atoms with Gasteiger partial charge in [-0.3, -0.25) is 0 Å². The Balaban J connectivity index is 2.28. The Hall–Kier alpha value is -2.81. The van der Waals surface area contributed by atoms with Crippen molar-refractivity contribution in [2.45, 2.75) is 6.54 Å². The van der Waals surface area contributed by atoms with Gasteiger partial charge < -0.3 is 10.8 Å². The summed E-state index contributed by atoms with van der Waals surface area (Å²) < 4.78 is 1.39. The van der Waals surface area contributed by atoms with Gasteiger partial charge in [0.25, 0.3) is 0 Å². The second kappa shape index (κ2) is 4.59. The molecule has 2 aromatic rings. The SMILES string of the molecule is N#Cc1cccc(Cn2nc(C(=O)O)cc2N)c1. The largest absolute Gasteiger partial charge is 0.476 e. The molecule has 3 N–H and O–H groups in total. The molecule has 0 unspecified atom stereocenters. The first-order valence-corrected chi connectivity index (χ1v) is 5.16. The smallest absolute Gasteiger partial charge is 0.356 e. The minimum Gasteiger partial charge on any atom is -0.476 e. The van der Waals surface area contributed by atoms with Crippen LogP contribution in [0.1, 0.15) is 21.6 Å². The van der Waals surface area contributed by atoms with E-state index in [9.17, 15) is 4.79 Å². The van der Waals surface area contributed by atoms with E-state index in [2.05, 4.69) is 5.10 Å². The van der Waals surface area contributed by atoms with Crippen LogP contribution >= 0.6 is 0 Å². The highest BCUT2D eigenvalue weighted by molar-refractivity contribution is 5.86. The van der Waals surface area contributed by atoms with Gasteiger partial charge in [0, 0.05) is 6.07 Å². The normalized spacial score (nSPS) is 9.94. The van der Waals surface area contributed by atoms with E-state index in [0.29, 0.717) is 12.1 Å². The van der Waals surface area contributed by atoms with Crippen molar-refractivity contribution in [1.82, 2.24) is 9.78 Å². The lowest BCUT2D eigenvalue weighted by Gasteiger charge is -2.04. The Bertz CT molecular complexity index is 640. The molecule has 18 heavy (non-hydrogen) atoms. The predicted molar refractivity (Wildman–Crippen MR) is 63.9 cm³/mol. The van der Waals surface area contributed by atoms with E-state index < -0.39 is 5.97 Å². The molecule has 6 nitrogen and oxygen atoms in total. The Morgan fingerprint density at radius 3 is 2.89 bits per heavy atom. The third kappa shape index (κ3) is 2.30. The molecule has 1 heterocycles. The van der Waals surface area contributed by atoms with Crippen LogP contribution in [-0.4, -0.2) is 20.9 Å². The van der Waals surface area contributed by atoms with Gasteiger partial charge >= 0.3 is 5.97 Å². The lowest BCUT2D eigenvalue weighted by molar-refractivity contribution is 0.0689. The van der Waals surface area contributed by atoms with Crippen LogP contribution in [0, 0.1) is 11.3 Å². The number of nitrogen functional groups attached to an aromatic ring is 1. The molecule has 2 rings (SSSR count). The summed E-state index contributed by atoms with van der Waals surface area (Å²) in [5, 5.41) is 21.5. The van der Waals surface area contributed by atoms with Gasteiger partial charge in [-0.05, 0) is 17.7 Å². The highest BCUT2D eigenvalue weighted by atomic mass is 16.4. The number of hydrogen-bond donors (Lipinski definition) is 2. The Morgan fingerprint density at radius 2 is 2.28 bits per heavy atom. The molecule has 0 aliphatic rings. The first kappa shape index (κ1) is 11.7. The van der Waals surface area contributed by atoms with Crippen molar-refractivity contribution < 1.29 is 9.90 Å². The number of rotatable bonds is 3. The van der Waals surface area contributed by atoms with E-state index in [1.54, 1.807) is 18.2 Å². The third-order valence-corrected chi connectivity index (χ3v) is 2.42. The molecular weight excluding hydrogens is 232 g/mol. The zero-order valence-electron chi connectivity index (χ0n) is 9.37. The van der Waals surface area contributed by atoms with Crippen LogP contribution in [0.15, 0.2) is 30.3 Å². The minimum atomic E-state index is -1.12. The maximum atomic E-state index is 10.7. The third-order valence-electron chi connectivity index (χ3n) is 2.42. The Morgan fingerprint density at radius 1 is 1.50 bits per heavy atom. The van der Waals surface area contributed by atoms with Gasteiger partial charge in [-0.1, -0.05) is 12.1 Å². The highest BCUT2D eigenvalue weighted by Gasteiger charge is 2.11. The standard InChI is InChI=1S/C12H10N4O2/c13-6-8-2-1-3-9(4-8)7-16-11(14)5-10(15-16)12(17)18/h1-5H,7,14H2,(H,17,18). The van der Waals surface area contributed by atoms with Crippen molar-refractivity contribution in [2.75, 3.05) is 5.73 Å². The van der Waals surface area contributed by atoms with Crippen LogP contribution in [0.4, 0.5) is 5.82 Å². The molecule has 0 aliphatic heterocycles. The van der Waals surface area contributed by atoms with E-state index in [1.165, 1.54) is 10.7 Å². The maximum Gasteiger partial charge on any atom is 0.356 e. The lowest BCUT2D eigenvalue weighted by atomic mass is 10.1. The van der Waals surface area contributed by atoms with Gasteiger partial charge in [-0.15, -0.1) is 0 Å². The molecule has 0 saturated carbocycles. The topological polar surface area (TPSA) is 105 Å². The lowest BCUT2D eigenvalue weighted by Crippen LogP contribution is -2.07. The van der Waals surface area contributed by atoms with Crippen LogP contribution in [0.5, 0.6) is 0 Å². The Kier molecular flexibility index (Phi) is 2.98. The molecule has 6 heteroatoms. The van der Waals surface area contributed by atoms with E-state index >= 15 is 0 Å². The van der Waals surface area contributed by atoms with Crippen molar-refractivity contribution in [3.8, 4) is 6.07 Å². The number of nitrogens with zero attached hydrogens (tertiary/aromatic N) is 3. The van der Waals surface area contributed by atoms with Crippen molar-refractivity contribution >= 4 is 11.8 Å². The quantitative estimate of drug-likeness (QED) is 0.837. The summed E-state index contributed by atoms with van der Waals surface area (Å²) in [5.41, 5.74) is 6.95. The zero-order chi connectivity index (χ0) is 13.1. The molecule has 0 bridgehead atoms. The van der Waals surface area contributed by atoms with E-state index in [4.69, 9.17) is 16.1 Å². The number of aromatic nitrogens is 2. The number of benzene rings is 1. The first-order valence-electron chi connectivity index (χ1n) is 5.16. The average molecular weight is 242 g/mol. The highest BCUT2D eigenvalue weighted by Crippen LogP contribution is 2.11. The van der Waals surface area contributed by atoms with E-state index in [-0.39, 0.29) is 11.5 Å². The molecule has 1 aromatic carbocycles. The minimum absolute atomic E-state index is 0.0936. The molecule has 0 saturated heterocycles. The maximum absolute atomic E-state index is 10.7. The number of hydrogen-bond acceptors (Lipinski definition) is 4. The molecule has 0 atom stereocenters. The fourth-order valence-corrected chi connectivity index (χ4v) is 1.57. The Labute approximate surface area is 103 Å². The molecule has 90 valence electrons. The van der Waals surface area contributed by atoms with Gasteiger partial charge in [0.1, 0.15) is 5.82 Å². The van der Waals surface area contributed by atoms with Crippen molar-refractivity contribution in [2.24, 2.45) is 0 Å². The van der Waals surface area contributed by atoms with Crippen molar-refractivity contribution in [3.63, 3.8) is 0 Å². The number of carboxylic acids is 1. The average Bonchev–Trinajstić information content (AvgIpc) is 2.71. The number of carboxylic acid groups (broad SMARTS) is 1. The summed E-state index contributed by atoms with van der Waals surface area (Å²) in [6.45, 7) is 0.328. The van der Waals surface area contributed by atoms with Crippen LogP contribution in [0.25, 0.3) is 0 Å². The number of nitriles is 1. The molecule has 0 spiro atoms. The fraction of sp³-hybridized carbons (Fsp3) is 0.0833. The summed E-state index contributed by atoms with van der Waals surface area (Å²) in [6, 6.07) is 10.3. The predicted octanol–water partition coefficient (Wildman–Crippen LogP) is 1.08. The first-order chi connectivity index (χ1) is 8.60. The molecular formula is C12H10N4O2. The van der Waals surface area contributed by atoms with Gasteiger partial charge in [0.05, 0.1) is 18.2 Å². The molecule has 0 fully saturated rings. The van der Waals surface area contributed by atoms with Crippen LogP contribution in [0.2, 0.25) is 0 Å². The summed E-state index contributed by atoms with van der Waals surface area (Å²) in [6.07, 6.45) is 0. The summed E-state index contributed by atoms with van der Waals surface area (Å²) in [7, 11) is 0. The second-order valence-corrected chi connectivity index (χ2v) is 3.73. The molecule has 0 amide bonds. The van der Waals surface area contributed by atoms with Crippen LogP contribution in [-0.2, 0) is 6.54 Å². The van der Waals surface area contributed by atoms with Gasteiger partial charge in [-0.25, -0.2) is 9.48 Å². The number of nitrogens with two attached hydrogens (primary N) is 1. The molecule has 1 aromatic heterocycles. The van der Waals surface area contributed by atoms with Gasteiger partial charge in [0.15, 0.2) is 5.69 Å². The van der Waals surface area contributed by atoms with Crippen LogP contribution in [0.3, 0.4) is 0 Å². The molecule has 0 radical (unpaired) electrons. The van der Waals surface area contributed by atoms with Crippen LogP contribution < -0.4 is 5.73 Å². The monoisotopic (exact) mass is 242 g/mol. The summed E-state index contributed by atoms with van der Waals surface area (Å²) in [5.74, 6) is -0.846. The van der Waals surface area contributed by atoms with Gasteiger partial charge in [0.2, 0.25) is 0 Å². The second-order valence-electron chi connectivity index (χ2n) is 3.73. The van der Waals surface area contributed by atoms with Crippen molar-refractivity contribution in [1.29, 1.82) is 5.26 Å². The van der Waals surface area contributed by atoms with E-state index in [0.717, 1.165) is 5.56 Å². The van der Waals surface area contributed by atoms with Gasteiger partial charge in [-0.2, -0.15) is 10.4 Å².